The molecule has 2 nitrogen and oxygen atoms in total. The first-order chi connectivity index (χ1) is 6.62. The highest BCUT2D eigenvalue weighted by molar-refractivity contribution is 9.10. The van der Waals surface area contributed by atoms with Crippen molar-refractivity contribution < 1.29 is 9.50 Å². The van der Waals surface area contributed by atoms with E-state index in [0.717, 1.165) is 12.1 Å². The summed E-state index contributed by atoms with van der Waals surface area (Å²) in [5, 5.41) is 13.3. The van der Waals surface area contributed by atoms with Crippen LogP contribution in [0.1, 0.15) is 12.0 Å². The summed E-state index contributed by atoms with van der Waals surface area (Å²) in [6.07, 6.45) is 0.664. The molecule has 2 rings (SSSR count). The van der Waals surface area contributed by atoms with E-state index in [-0.39, 0.29) is 5.82 Å². The van der Waals surface area contributed by atoms with Crippen LogP contribution in [0.25, 0.3) is 0 Å². The van der Waals surface area contributed by atoms with Crippen molar-refractivity contribution in [3.63, 3.8) is 0 Å². The number of hydrogen-bond acceptors (Lipinski definition) is 2. The van der Waals surface area contributed by atoms with E-state index in [2.05, 4.69) is 21.2 Å². The van der Waals surface area contributed by atoms with Crippen molar-refractivity contribution in [3.8, 4) is 0 Å². The Bertz CT molecular complexity index is 350. The van der Waals surface area contributed by atoms with Gasteiger partial charge in [-0.15, -0.1) is 0 Å². The van der Waals surface area contributed by atoms with E-state index < -0.39 is 5.60 Å². The predicted octanol–water partition coefficient (Wildman–Crippen LogP) is 1.77. The zero-order valence-electron chi connectivity index (χ0n) is 7.56. The van der Waals surface area contributed by atoms with Gasteiger partial charge in [-0.1, -0.05) is 22.0 Å². The van der Waals surface area contributed by atoms with Crippen molar-refractivity contribution in [2.24, 2.45) is 0 Å². The fourth-order valence-corrected chi connectivity index (χ4v) is 2.50. The Labute approximate surface area is 90.3 Å². The molecule has 0 radical (unpaired) electrons. The Balaban J connectivity index is 2.40. The first kappa shape index (κ1) is 10.1. The quantitative estimate of drug-likeness (QED) is 0.806. The third-order valence-corrected chi connectivity index (χ3v) is 3.22. The van der Waals surface area contributed by atoms with Crippen molar-refractivity contribution in [1.82, 2.24) is 5.32 Å². The molecule has 4 heteroatoms. The zero-order valence-corrected chi connectivity index (χ0v) is 9.14. The molecular formula is C10H11BrFNO. The van der Waals surface area contributed by atoms with Gasteiger partial charge in [0.05, 0.1) is 0 Å². The van der Waals surface area contributed by atoms with E-state index in [1.165, 1.54) is 12.1 Å². The largest absolute Gasteiger partial charge is 0.384 e. The Morgan fingerprint density at radius 2 is 2.29 bits per heavy atom. The fraction of sp³-hybridized carbons (Fsp3) is 0.400. The number of benzene rings is 1. The van der Waals surface area contributed by atoms with Crippen LogP contribution in [0.3, 0.4) is 0 Å². The van der Waals surface area contributed by atoms with Gasteiger partial charge in [-0.3, -0.25) is 0 Å². The maximum atomic E-state index is 12.8. The first-order valence-electron chi connectivity index (χ1n) is 4.50. The van der Waals surface area contributed by atoms with Gasteiger partial charge in [0, 0.05) is 11.0 Å². The third-order valence-electron chi connectivity index (χ3n) is 2.57. The Morgan fingerprint density at radius 3 is 2.86 bits per heavy atom. The van der Waals surface area contributed by atoms with Gasteiger partial charge in [0.1, 0.15) is 11.4 Å². The predicted molar refractivity (Wildman–Crippen MR) is 55.5 cm³/mol. The second kappa shape index (κ2) is 3.61. The number of aliphatic hydroxyl groups is 1. The summed E-state index contributed by atoms with van der Waals surface area (Å²) in [6.45, 7) is 1.32. The molecule has 1 aromatic rings. The number of rotatable bonds is 1. The van der Waals surface area contributed by atoms with Gasteiger partial charge >= 0.3 is 0 Å². The van der Waals surface area contributed by atoms with Crippen LogP contribution in [0, 0.1) is 5.82 Å². The van der Waals surface area contributed by atoms with Crippen LogP contribution in [-0.4, -0.2) is 18.2 Å². The zero-order chi connectivity index (χ0) is 10.2. The van der Waals surface area contributed by atoms with Crippen molar-refractivity contribution in [3.05, 3.63) is 34.1 Å². The van der Waals surface area contributed by atoms with Crippen LogP contribution >= 0.6 is 15.9 Å². The molecule has 1 atom stereocenters. The second-order valence-electron chi connectivity index (χ2n) is 3.58. The summed E-state index contributed by atoms with van der Waals surface area (Å²) in [4.78, 5) is 0. The lowest BCUT2D eigenvalue weighted by Crippen LogP contribution is -2.28. The number of hydrogen-bond donors (Lipinski definition) is 2. The lowest BCUT2D eigenvalue weighted by atomic mass is 9.93. The standard InChI is InChI=1S/C10H11BrFNO/c11-9-5-7(12)1-2-8(9)10(14)3-4-13-6-10/h1-2,5,13-14H,3-4,6H2. The highest BCUT2D eigenvalue weighted by Crippen LogP contribution is 2.33. The van der Waals surface area contributed by atoms with Crippen LogP contribution in [0.2, 0.25) is 0 Å². The van der Waals surface area contributed by atoms with E-state index in [1.54, 1.807) is 6.07 Å². The van der Waals surface area contributed by atoms with Crippen molar-refractivity contribution in [2.75, 3.05) is 13.1 Å². The molecule has 1 unspecified atom stereocenters. The number of halogens is 2. The maximum absolute atomic E-state index is 12.8. The van der Waals surface area contributed by atoms with Gasteiger partial charge in [-0.05, 0) is 30.7 Å². The van der Waals surface area contributed by atoms with E-state index in [9.17, 15) is 9.50 Å². The molecule has 1 aliphatic heterocycles. The third kappa shape index (κ3) is 1.69. The van der Waals surface area contributed by atoms with E-state index in [1.807, 2.05) is 0 Å². The Hall–Kier alpha value is -0.450. The van der Waals surface area contributed by atoms with Gasteiger partial charge in [0.25, 0.3) is 0 Å². The van der Waals surface area contributed by atoms with Gasteiger partial charge in [0.2, 0.25) is 0 Å². The SMILES string of the molecule is OC1(c2ccc(F)cc2Br)CCNC1. The van der Waals surface area contributed by atoms with Crippen LogP contribution in [0.15, 0.2) is 22.7 Å². The van der Waals surface area contributed by atoms with Gasteiger partial charge in [-0.25, -0.2) is 4.39 Å². The molecule has 1 fully saturated rings. The number of β-amino-alcohol motifs (C(OH)–C–C–N with tert-alkyl or cyclic N) is 1. The molecule has 1 heterocycles. The molecule has 0 aliphatic carbocycles. The summed E-state index contributed by atoms with van der Waals surface area (Å²) >= 11 is 3.26. The minimum absolute atomic E-state index is 0.296. The lowest BCUT2D eigenvalue weighted by Gasteiger charge is -2.23. The van der Waals surface area contributed by atoms with E-state index in [4.69, 9.17) is 0 Å². The molecule has 0 amide bonds. The first-order valence-corrected chi connectivity index (χ1v) is 5.30. The average Bonchev–Trinajstić information content (AvgIpc) is 2.52. The topological polar surface area (TPSA) is 32.3 Å². The minimum atomic E-state index is -0.855. The normalized spacial score (nSPS) is 26.8. The molecule has 2 N–H and O–H groups in total. The molecule has 0 saturated carbocycles. The fourth-order valence-electron chi connectivity index (χ4n) is 1.78. The lowest BCUT2D eigenvalue weighted by molar-refractivity contribution is 0.0579. The van der Waals surface area contributed by atoms with Crippen LogP contribution < -0.4 is 5.32 Å². The molecule has 1 saturated heterocycles. The molecule has 0 spiro atoms. The van der Waals surface area contributed by atoms with Crippen molar-refractivity contribution >= 4 is 15.9 Å². The highest BCUT2D eigenvalue weighted by Gasteiger charge is 2.34. The molecule has 0 aromatic heterocycles. The summed E-state index contributed by atoms with van der Waals surface area (Å²) < 4.78 is 13.5. The molecule has 1 aromatic carbocycles. The highest BCUT2D eigenvalue weighted by atomic mass is 79.9. The molecular weight excluding hydrogens is 249 g/mol. The maximum Gasteiger partial charge on any atom is 0.124 e. The molecule has 0 bridgehead atoms. The smallest absolute Gasteiger partial charge is 0.124 e. The Morgan fingerprint density at radius 1 is 1.50 bits per heavy atom. The van der Waals surface area contributed by atoms with Crippen LogP contribution in [0.5, 0.6) is 0 Å². The molecule has 1 aliphatic rings. The van der Waals surface area contributed by atoms with Crippen molar-refractivity contribution in [1.29, 1.82) is 0 Å². The summed E-state index contributed by atoms with van der Waals surface area (Å²) in [5.41, 5.74) is -0.101. The minimum Gasteiger partial charge on any atom is -0.384 e. The van der Waals surface area contributed by atoms with Gasteiger partial charge in [-0.2, -0.15) is 0 Å². The van der Waals surface area contributed by atoms with Crippen molar-refractivity contribution in [2.45, 2.75) is 12.0 Å². The average molecular weight is 260 g/mol. The monoisotopic (exact) mass is 259 g/mol. The summed E-state index contributed by atoms with van der Waals surface area (Å²) in [5.74, 6) is -0.296. The summed E-state index contributed by atoms with van der Waals surface area (Å²) in [7, 11) is 0. The van der Waals surface area contributed by atoms with Gasteiger partial charge < -0.3 is 10.4 Å². The number of nitrogens with one attached hydrogen (secondary N) is 1. The molecule has 76 valence electrons. The molecule has 14 heavy (non-hydrogen) atoms. The van der Waals surface area contributed by atoms with Crippen LogP contribution in [-0.2, 0) is 5.60 Å². The van der Waals surface area contributed by atoms with E-state index in [0.29, 0.717) is 17.4 Å². The van der Waals surface area contributed by atoms with E-state index >= 15 is 0 Å². The van der Waals surface area contributed by atoms with Crippen LogP contribution in [0.4, 0.5) is 4.39 Å². The van der Waals surface area contributed by atoms with Gasteiger partial charge in [0.15, 0.2) is 0 Å². The summed E-state index contributed by atoms with van der Waals surface area (Å²) in [6, 6.07) is 4.38. The Kier molecular flexibility index (Phi) is 2.60. The second-order valence-corrected chi connectivity index (χ2v) is 4.44.